The van der Waals surface area contributed by atoms with E-state index in [0.717, 1.165) is 30.5 Å². The third-order valence-electron chi connectivity index (χ3n) is 3.27. The molecule has 0 amide bonds. The number of aromatic nitrogens is 2. The van der Waals surface area contributed by atoms with Crippen molar-refractivity contribution in [2.24, 2.45) is 0 Å². The maximum absolute atomic E-state index is 11.8. The van der Waals surface area contributed by atoms with Crippen molar-refractivity contribution in [1.29, 1.82) is 0 Å². The van der Waals surface area contributed by atoms with Crippen molar-refractivity contribution in [3.8, 4) is 0 Å². The lowest BCUT2D eigenvalue weighted by Gasteiger charge is -2.09. The predicted molar refractivity (Wildman–Crippen MR) is 76.7 cm³/mol. The molecule has 0 radical (unpaired) electrons. The molecule has 0 bridgehead atoms. The average molecular weight is 259 g/mol. The van der Waals surface area contributed by atoms with Crippen LogP contribution in [0.3, 0.4) is 0 Å². The summed E-state index contributed by atoms with van der Waals surface area (Å²) in [5.41, 5.74) is 2.89. The molecule has 0 aliphatic heterocycles. The van der Waals surface area contributed by atoms with Gasteiger partial charge in [-0.3, -0.25) is 4.79 Å². The van der Waals surface area contributed by atoms with Gasteiger partial charge < -0.3 is 4.90 Å². The van der Waals surface area contributed by atoms with Crippen LogP contribution in [0, 0.1) is 0 Å². The Hall–Kier alpha value is -1.68. The molecule has 19 heavy (non-hydrogen) atoms. The van der Waals surface area contributed by atoms with E-state index < -0.39 is 0 Å². The minimum Gasteiger partial charge on any atom is -0.309 e. The number of hydrogen-bond acceptors (Lipinski definition) is 3. The Bertz CT molecular complexity index is 572. The molecular weight excluding hydrogens is 238 g/mol. The Kier molecular flexibility index (Phi) is 4.32. The summed E-state index contributed by atoms with van der Waals surface area (Å²) in [5.74, 6) is 0.148. The lowest BCUT2D eigenvalue weighted by molar-refractivity contribution is 0.0989. The normalized spacial score (nSPS) is 11.4. The minimum absolute atomic E-state index is 0.148. The molecule has 0 atom stereocenters. The summed E-state index contributed by atoms with van der Waals surface area (Å²) in [6.45, 7) is 2.96. The van der Waals surface area contributed by atoms with Gasteiger partial charge in [-0.05, 0) is 45.1 Å². The molecule has 4 nitrogen and oxygen atoms in total. The molecule has 0 spiro atoms. The van der Waals surface area contributed by atoms with Gasteiger partial charge in [-0.25, -0.2) is 4.52 Å². The van der Waals surface area contributed by atoms with Crippen molar-refractivity contribution in [3.63, 3.8) is 0 Å². The Morgan fingerprint density at radius 3 is 2.84 bits per heavy atom. The number of carbonyl (C=O) groups is 1. The van der Waals surface area contributed by atoms with Crippen LogP contribution in [0.1, 0.15) is 35.7 Å². The van der Waals surface area contributed by atoms with E-state index in [1.54, 1.807) is 6.20 Å². The van der Waals surface area contributed by atoms with Gasteiger partial charge in [0.15, 0.2) is 5.78 Å². The molecule has 0 aliphatic rings. The summed E-state index contributed by atoms with van der Waals surface area (Å²) in [6.07, 6.45) is 6.37. The summed E-state index contributed by atoms with van der Waals surface area (Å²) in [5, 5.41) is 4.28. The molecule has 0 aromatic carbocycles. The lowest BCUT2D eigenvalue weighted by atomic mass is 10.1. The topological polar surface area (TPSA) is 37.6 Å². The number of hydrogen-bond donors (Lipinski definition) is 0. The Morgan fingerprint density at radius 1 is 1.37 bits per heavy atom. The molecule has 102 valence electrons. The predicted octanol–water partition coefficient (Wildman–Crippen LogP) is 2.42. The van der Waals surface area contributed by atoms with Crippen LogP contribution in [0.5, 0.6) is 0 Å². The summed E-state index contributed by atoms with van der Waals surface area (Å²) >= 11 is 0. The van der Waals surface area contributed by atoms with Gasteiger partial charge in [0, 0.05) is 12.6 Å². The van der Waals surface area contributed by atoms with E-state index in [-0.39, 0.29) is 5.78 Å². The number of carbonyl (C=O) groups excluding carboxylic acids is 1. The first-order chi connectivity index (χ1) is 9.11. The highest BCUT2D eigenvalue weighted by Crippen LogP contribution is 2.14. The standard InChI is InChI=1S/C15H21N3O/c1-4-15(19)13-10-16-18-11-12(7-8-14(13)18)6-5-9-17(2)3/h7-8,10-11H,4-6,9H2,1-3H3. The molecule has 0 N–H and O–H groups in total. The van der Waals surface area contributed by atoms with E-state index in [0.29, 0.717) is 6.42 Å². The Labute approximate surface area is 114 Å². The fourth-order valence-corrected chi connectivity index (χ4v) is 2.18. The van der Waals surface area contributed by atoms with Gasteiger partial charge in [-0.1, -0.05) is 13.0 Å². The highest BCUT2D eigenvalue weighted by Gasteiger charge is 2.10. The molecule has 2 aromatic heterocycles. The maximum Gasteiger partial charge on any atom is 0.166 e. The average Bonchev–Trinajstić information content (AvgIpc) is 2.80. The van der Waals surface area contributed by atoms with Gasteiger partial charge in [0.05, 0.1) is 17.3 Å². The monoisotopic (exact) mass is 259 g/mol. The molecule has 4 heteroatoms. The second-order valence-electron chi connectivity index (χ2n) is 5.11. The first kappa shape index (κ1) is 13.7. The van der Waals surface area contributed by atoms with Gasteiger partial charge in [0.25, 0.3) is 0 Å². The van der Waals surface area contributed by atoms with Crippen molar-refractivity contribution >= 4 is 11.3 Å². The minimum atomic E-state index is 0.148. The van der Waals surface area contributed by atoms with Crippen LogP contribution >= 0.6 is 0 Å². The second kappa shape index (κ2) is 5.97. The second-order valence-corrected chi connectivity index (χ2v) is 5.11. The van der Waals surface area contributed by atoms with Gasteiger partial charge in [0.2, 0.25) is 0 Å². The van der Waals surface area contributed by atoms with E-state index in [1.807, 2.05) is 23.7 Å². The highest BCUT2D eigenvalue weighted by molar-refractivity contribution is 6.01. The molecule has 2 heterocycles. The van der Waals surface area contributed by atoms with Gasteiger partial charge >= 0.3 is 0 Å². The molecule has 0 saturated carbocycles. The van der Waals surface area contributed by atoms with Gasteiger partial charge in [-0.15, -0.1) is 0 Å². The van der Waals surface area contributed by atoms with Crippen molar-refractivity contribution in [2.75, 3.05) is 20.6 Å². The zero-order chi connectivity index (χ0) is 13.8. The Morgan fingerprint density at radius 2 is 2.16 bits per heavy atom. The number of pyridine rings is 1. The summed E-state index contributed by atoms with van der Waals surface area (Å²) in [4.78, 5) is 13.9. The molecule has 2 rings (SSSR count). The first-order valence-electron chi connectivity index (χ1n) is 6.76. The summed E-state index contributed by atoms with van der Waals surface area (Å²) in [6, 6.07) is 4.10. The smallest absolute Gasteiger partial charge is 0.166 e. The molecule has 0 fully saturated rings. The lowest BCUT2D eigenvalue weighted by Crippen LogP contribution is -2.13. The first-order valence-corrected chi connectivity index (χ1v) is 6.76. The van der Waals surface area contributed by atoms with Crippen molar-refractivity contribution in [1.82, 2.24) is 14.5 Å². The number of Topliss-reactive ketones (excluding diaryl/α,β-unsaturated/α-hetero) is 1. The highest BCUT2D eigenvalue weighted by atomic mass is 16.1. The van der Waals surface area contributed by atoms with Crippen LogP contribution in [0.4, 0.5) is 0 Å². The molecule has 0 unspecified atom stereocenters. The molecule has 2 aromatic rings. The summed E-state index contributed by atoms with van der Waals surface area (Å²) < 4.78 is 1.81. The van der Waals surface area contributed by atoms with E-state index in [1.165, 1.54) is 5.56 Å². The number of rotatable bonds is 6. The van der Waals surface area contributed by atoms with Crippen LogP contribution in [0.25, 0.3) is 5.52 Å². The third-order valence-corrected chi connectivity index (χ3v) is 3.27. The van der Waals surface area contributed by atoms with E-state index in [9.17, 15) is 4.79 Å². The quantitative estimate of drug-likeness (QED) is 0.748. The number of fused-ring (bicyclic) bond motifs is 1. The van der Waals surface area contributed by atoms with E-state index in [2.05, 4.69) is 30.2 Å². The van der Waals surface area contributed by atoms with Crippen LogP contribution in [-0.4, -0.2) is 40.9 Å². The SMILES string of the molecule is CCC(=O)c1cnn2cc(CCCN(C)C)ccc12. The van der Waals surface area contributed by atoms with Gasteiger partial charge in [-0.2, -0.15) is 5.10 Å². The van der Waals surface area contributed by atoms with E-state index >= 15 is 0 Å². The van der Waals surface area contributed by atoms with Crippen molar-refractivity contribution in [3.05, 3.63) is 35.7 Å². The van der Waals surface area contributed by atoms with Crippen molar-refractivity contribution < 1.29 is 4.79 Å². The third kappa shape index (κ3) is 3.20. The van der Waals surface area contributed by atoms with Crippen LogP contribution in [0.15, 0.2) is 24.5 Å². The fraction of sp³-hybridized carbons (Fsp3) is 0.467. The fourth-order valence-electron chi connectivity index (χ4n) is 2.18. The van der Waals surface area contributed by atoms with Crippen LogP contribution in [-0.2, 0) is 6.42 Å². The zero-order valence-corrected chi connectivity index (χ0v) is 11.9. The van der Waals surface area contributed by atoms with Crippen LogP contribution < -0.4 is 0 Å². The number of aryl methyl sites for hydroxylation is 1. The van der Waals surface area contributed by atoms with E-state index in [4.69, 9.17) is 0 Å². The zero-order valence-electron chi connectivity index (χ0n) is 11.9. The largest absolute Gasteiger partial charge is 0.309 e. The number of nitrogens with zero attached hydrogens (tertiary/aromatic N) is 3. The molecular formula is C15H21N3O. The summed E-state index contributed by atoms with van der Waals surface area (Å²) in [7, 11) is 4.17. The van der Waals surface area contributed by atoms with Gasteiger partial charge in [0.1, 0.15) is 0 Å². The maximum atomic E-state index is 11.8. The van der Waals surface area contributed by atoms with Crippen LogP contribution in [0.2, 0.25) is 0 Å². The molecule has 0 saturated heterocycles. The molecule has 0 aliphatic carbocycles. The van der Waals surface area contributed by atoms with Crippen molar-refractivity contribution in [2.45, 2.75) is 26.2 Å². The Balaban J connectivity index is 2.16. The number of ketones is 1.